The summed E-state index contributed by atoms with van der Waals surface area (Å²) in [5, 5.41) is 17.8. The van der Waals surface area contributed by atoms with Crippen molar-refractivity contribution in [1.29, 1.82) is 0 Å². The Morgan fingerprint density at radius 2 is 1.97 bits per heavy atom. The summed E-state index contributed by atoms with van der Waals surface area (Å²) in [7, 11) is 1.63. The Morgan fingerprint density at radius 3 is 2.73 bits per heavy atom. The van der Waals surface area contributed by atoms with Gasteiger partial charge in [0.05, 0.1) is 18.8 Å². The highest BCUT2D eigenvalue weighted by Gasteiger charge is 2.22. The molecule has 5 N–H and O–H groups in total. The first-order valence-electron chi connectivity index (χ1n) is 12.6. The van der Waals surface area contributed by atoms with E-state index in [4.69, 9.17) is 14.7 Å². The quantitative estimate of drug-likeness (QED) is 0.207. The molecule has 200 valence electrons. The van der Waals surface area contributed by atoms with Crippen molar-refractivity contribution in [3.8, 4) is 11.5 Å². The third-order valence-electron chi connectivity index (χ3n) is 6.11. The zero-order valence-corrected chi connectivity index (χ0v) is 21.4. The maximum Gasteiger partial charge on any atom is 0.243 e. The molecule has 0 unspecified atom stereocenters. The Morgan fingerprint density at radius 1 is 1.16 bits per heavy atom. The number of para-hydroxylation sites is 1. The van der Waals surface area contributed by atoms with Crippen LogP contribution in [0.25, 0.3) is 0 Å². The third-order valence-corrected chi connectivity index (χ3v) is 6.11. The van der Waals surface area contributed by atoms with Gasteiger partial charge in [-0.2, -0.15) is 0 Å². The first-order chi connectivity index (χ1) is 17.9. The molecule has 3 amide bonds. The number of rotatable bonds is 8. The summed E-state index contributed by atoms with van der Waals surface area (Å²) in [5.41, 5.74) is 4.54. The van der Waals surface area contributed by atoms with Crippen molar-refractivity contribution in [2.24, 2.45) is 0 Å². The van der Waals surface area contributed by atoms with E-state index in [0.717, 1.165) is 42.6 Å². The number of amides is 3. The van der Waals surface area contributed by atoms with E-state index in [1.165, 1.54) is 6.92 Å². The summed E-state index contributed by atoms with van der Waals surface area (Å²) < 4.78 is 11.6. The van der Waals surface area contributed by atoms with Crippen LogP contribution >= 0.6 is 0 Å². The molecule has 0 aliphatic carbocycles. The van der Waals surface area contributed by atoms with E-state index < -0.39 is 11.9 Å². The number of hydrogen-bond acceptors (Lipinski definition) is 7. The van der Waals surface area contributed by atoms with E-state index >= 15 is 0 Å². The van der Waals surface area contributed by atoms with E-state index in [9.17, 15) is 14.4 Å². The van der Waals surface area contributed by atoms with Gasteiger partial charge in [-0.25, -0.2) is 5.48 Å². The highest BCUT2D eigenvalue weighted by molar-refractivity contribution is 6.02. The predicted octanol–water partition coefficient (Wildman–Crippen LogP) is 3.53. The number of anilines is 2. The zero-order chi connectivity index (χ0) is 26.6. The lowest BCUT2D eigenvalue weighted by Crippen LogP contribution is -2.41. The Bertz CT molecular complexity index is 1090. The van der Waals surface area contributed by atoms with Crippen molar-refractivity contribution < 1.29 is 29.1 Å². The van der Waals surface area contributed by atoms with Gasteiger partial charge in [-0.15, -0.1) is 0 Å². The number of unbranched alkanes of at least 4 members (excludes halogenated alkanes) is 2. The van der Waals surface area contributed by atoms with Crippen molar-refractivity contribution in [3.63, 3.8) is 0 Å². The first kappa shape index (κ1) is 27.9. The molecule has 2 aromatic carbocycles. The number of carbonyl (C=O) groups is 3. The van der Waals surface area contributed by atoms with Gasteiger partial charge in [0.2, 0.25) is 17.7 Å². The molecular formula is C27H36N4O6. The van der Waals surface area contributed by atoms with Crippen LogP contribution in [-0.4, -0.2) is 42.6 Å². The van der Waals surface area contributed by atoms with Crippen LogP contribution in [0.15, 0.2) is 36.4 Å². The number of aryl methyl sites for hydroxylation is 1. The lowest BCUT2D eigenvalue weighted by molar-refractivity contribution is -0.129. The van der Waals surface area contributed by atoms with Crippen LogP contribution in [0.3, 0.4) is 0 Å². The zero-order valence-electron chi connectivity index (χ0n) is 21.4. The monoisotopic (exact) mass is 512 g/mol. The van der Waals surface area contributed by atoms with Crippen molar-refractivity contribution in [1.82, 2.24) is 10.8 Å². The van der Waals surface area contributed by atoms with Crippen molar-refractivity contribution in [3.05, 3.63) is 47.5 Å². The summed E-state index contributed by atoms with van der Waals surface area (Å²) in [6, 6.07) is 10.8. The molecule has 2 bridgehead atoms. The van der Waals surface area contributed by atoms with Gasteiger partial charge in [-0.05, 0) is 67.6 Å². The number of fused-ring (bicyclic) bond motifs is 3. The number of hydroxylamine groups is 1. The van der Waals surface area contributed by atoms with Crippen LogP contribution in [0.2, 0.25) is 0 Å². The number of nitrogens with one attached hydrogen (secondary N) is 4. The standard InChI is InChI=1S/C27H36N4O6/c1-18(32)29-22-10-6-11-24-26(22)30-27(34)23(9-4-3-5-12-25(33)31-35)28-13-7-8-19-14-20(17-37-24)16-21(15-19)36-2/h6,10-11,14-16,23,28,35H,3-5,7-9,12-13,17H2,1-2H3,(H,29,32)(H,30,34)(H,31,33)/t23-/m0/s1. The lowest BCUT2D eigenvalue weighted by atomic mass is 10.0. The number of methoxy groups -OCH3 is 1. The van der Waals surface area contributed by atoms with Gasteiger partial charge in [0.1, 0.15) is 23.8 Å². The molecule has 1 aliphatic rings. The molecular weight excluding hydrogens is 476 g/mol. The molecule has 2 aromatic rings. The van der Waals surface area contributed by atoms with E-state index in [-0.39, 0.29) is 24.8 Å². The summed E-state index contributed by atoms with van der Waals surface area (Å²) in [4.78, 5) is 36.5. The summed E-state index contributed by atoms with van der Waals surface area (Å²) in [5.74, 6) is 0.282. The second-order valence-electron chi connectivity index (χ2n) is 9.07. The molecule has 0 spiro atoms. The molecule has 0 aromatic heterocycles. The number of ether oxygens (including phenoxy) is 2. The molecule has 10 nitrogen and oxygen atoms in total. The first-order valence-corrected chi connectivity index (χ1v) is 12.6. The normalized spacial score (nSPS) is 15.9. The second kappa shape index (κ2) is 14.2. The maximum absolute atomic E-state index is 13.4. The minimum absolute atomic E-state index is 0.229. The van der Waals surface area contributed by atoms with Gasteiger partial charge in [-0.3, -0.25) is 19.6 Å². The number of benzene rings is 2. The largest absolute Gasteiger partial charge is 0.497 e. The molecule has 37 heavy (non-hydrogen) atoms. The lowest BCUT2D eigenvalue weighted by Gasteiger charge is -2.22. The molecule has 0 fully saturated rings. The van der Waals surface area contributed by atoms with E-state index in [0.29, 0.717) is 36.5 Å². The van der Waals surface area contributed by atoms with Crippen molar-refractivity contribution >= 4 is 29.1 Å². The fourth-order valence-corrected chi connectivity index (χ4v) is 4.28. The van der Waals surface area contributed by atoms with Crippen LogP contribution in [0, 0.1) is 0 Å². The highest BCUT2D eigenvalue weighted by atomic mass is 16.5. The second-order valence-corrected chi connectivity index (χ2v) is 9.07. The third kappa shape index (κ3) is 8.76. The van der Waals surface area contributed by atoms with Gasteiger partial charge in [0.25, 0.3) is 0 Å². The number of hydrogen-bond donors (Lipinski definition) is 5. The SMILES string of the molecule is COc1cc2cc(c1)COc1cccc(NC(C)=O)c1NC(=O)[C@H](CCCCCC(=O)NO)NCCC2. The molecule has 1 atom stereocenters. The maximum atomic E-state index is 13.4. The van der Waals surface area contributed by atoms with Gasteiger partial charge in [0.15, 0.2) is 0 Å². The molecule has 3 rings (SSSR count). The minimum atomic E-state index is -0.478. The van der Waals surface area contributed by atoms with Gasteiger partial charge in [0, 0.05) is 13.3 Å². The Labute approximate surface area is 217 Å². The predicted molar refractivity (Wildman–Crippen MR) is 140 cm³/mol. The Kier molecular flexibility index (Phi) is 10.7. The molecule has 10 heteroatoms. The highest BCUT2D eigenvalue weighted by Crippen LogP contribution is 2.34. The van der Waals surface area contributed by atoms with Gasteiger partial charge >= 0.3 is 0 Å². The molecule has 0 saturated carbocycles. The van der Waals surface area contributed by atoms with Crippen LogP contribution in [-0.2, 0) is 27.4 Å². The minimum Gasteiger partial charge on any atom is -0.497 e. The fourth-order valence-electron chi connectivity index (χ4n) is 4.28. The van der Waals surface area contributed by atoms with Crippen LogP contribution in [0.1, 0.15) is 56.6 Å². The molecule has 1 heterocycles. The smallest absolute Gasteiger partial charge is 0.243 e. The summed E-state index contributed by atoms with van der Waals surface area (Å²) >= 11 is 0. The molecule has 0 radical (unpaired) electrons. The topological polar surface area (TPSA) is 138 Å². The van der Waals surface area contributed by atoms with E-state index in [1.807, 2.05) is 12.1 Å². The van der Waals surface area contributed by atoms with Crippen LogP contribution < -0.4 is 30.9 Å². The Balaban J connectivity index is 1.84. The van der Waals surface area contributed by atoms with Crippen LogP contribution in [0.4, 0.5) is 11.4 Å². The fraction of sp³-hybridized carbons (Fsp3) is 0.444. The Hall–Kier alpha value is -3.63. The summed E-state index contributed by atoms with van der Waals surface area (Å²) in [6.45, 7) is 2.30. The molecule has 0 saturated heterocycles. The van der Waals surface area contributed by atoms with Crippen molar-refractivity contribution in [2.45, 2.75) is 64.5 Å². The van der Waals surface area contributed by atoms with E-state index in [1.54, 1.807) is 30.8 Å². The average molecular weight is 513 g/mol. The summed E-state index contributed by atoms with van der Waals surface area (Å²) in [6.07, 6.45) is 4.50. The van der Waals surface area contributed by atoms with Gasteiger partial charge in [-0.1, -0.05) is 25.0 Å². The molecule has 1 aliphatic heterocycles. The van der Waals surface area contributed by atoms with Crippen LogP contribution in [0.5, 0.6) is 11.5 Å². The average Bonchev–Trinajstić information content (AvgIpc) is 2.88. The van der Waals surface area contributed by atoms with Crippen molar-refractivity contribution in [2.75, 3.05) is 24.3 Å². The van der Waals surface area contributed by atoms with E-state index in [2.05, 4.69) is 22.0 Å². The number of carbonyl (C=O) groups excluding carboxylic acids is 3. The van der Waals surface area contributed by atoms with Gasteiger partial charge < -0.3 is 25.4 Å².